The van der Waals surface area contributed by atoms with Gasteiger partial charge in [0, 0.05) is 6.08 Å². The summed E-state index contributed by atoms with van der Waals surface area (Å²) in [5.41, 5.74) is 0. The fourth-order valence-electron chi connectivity index (χ4n) is 1.14. The standard InChI is InChI=1S/C10H11F7O2.C4ClF7O/c1-2-3-5-19-6-4-7(18)8(11,12)9(13,14)10(15,16)17;5-1(13)2(6,7)3(8,9)4(10,11)12/h4,6H,2-3,5H2,1H3;. The molecule has 0 N–H and O–H groups in total. The third-order valence-electron chi connectivity index (χ3n) is 2.99. The molecule has 0 saturated heterocycles. The van der Waals surface area contributed by atoms with Crippen LogP contribution in [-0.4, -0.2) is 53.7 Å². The number of ether oxygens (including phenoxy) is 1. The topological polar surface area (TPSA) is 43.4 Å². The van der Waals surface area contributed by atoms with Crippen molar-refractivity contribution in [3.63, 3.8) is 0 Å². The third-order valence-corrected chi connectivity index (χ3v) is 3.23. The molecule has 0 radical (unpaired) electrons. The van der Waals surface area contributed by atoms with Gasteiger partial charge in [0.15, 0.2) is 0 Å². The molecule has 0 aliphatic heterocycles. The van der Waals surface area contributed by atoms with E-state index in [-0.39, 0.29) is 12.7 Å². The Balaban J connectivity index is 0. The third kappa shape index (κ3) is 7.37. The zero-order chi connectivity index (χ0) is 26.4. The lowest BCUT2D eigenvalue weighted by Gasteiger charge is -2.25. The molecule has 0 amide bonds. The first kappa shape index (κ1) is 32.4. The van der Waals surface area contributed by atoms with Gasteiger partial charge in [0.2, 0.25) is 5.78 Å². The molecule has 0 atom stereocenters. The molecule has 32 heavy (non-hydrogen) atoms. The minimum absolute atomic E-state index is 0.0293. The molecule has 0 aromatic heterocycles. The van der Waals surface area contributed by atoms with Crippen LogP contribution in [0.1, 0.15) is 19.8 Å². The first-order chi connectivity index (χ1) is 13.9. The lowest BCUT2D eigenvalue weighted by Crippen LogP contribution is -2.55. The van der Waals surface area contributed by atoms with Gasteiger partial charge in [0.1, 0.15) is 0 Å². The molecule has 0 rings (SSSR count). The molecule has 18 heteroatoms. The van der Waals surface area contributed by atoms with Crippen molar-refractivity contribution in [2.24, 2.45) is 0 Å². The van der Waals surface area contributed by atoms with E-state index in [4.69, 9.17) is 0 Å². The molecule has 0 aliphatic carbocycles. The van der Waals surface area contributed by atoms with E-state index < -0.39 is 47.1 Å². The lowest BCUT2D eigenvalue weighted by molar-refractivity contribution is -0.342. The fourth-order valence-corrected chi connectivity index (χ4v) is 1.26. The van der Waals surface area contributed by atoms with Crippen molar-refractivity contribution in [2.45, 2.75) is 55.8 Å². The maximum atomic E-state index is 12.7. The van der Waals surface area contributed by atoms with Gasteiger partial charge in [-0.1, -0.05) is 13.3 Å². The predicted molar refractivity (Wildman–Crippen MR) is 77.8 cm³/mol. The van der Waals surface area contributed by atoms with Gasteiger partial charge in [-0.05, 0) is 18.0 Å². The molecule has 0 heterocycles. The van der Waals surface area contributed by atoms with E-state index in [1.165, 1.54) is 0 Å². The van der Waals surface area contributed by atoms with Crippen LogP contribution >= 0.6 is 11.6 Å². The monoisotopic (exact) mass is 528 g/mol. The van der Waals surface area contributed by atoms with Gasteiger partial charge in [-0.2, -0.15) is 61.5 Å². The SMILES string of the molecule is CCCCOC=CC(=O)C(F)(F)C(F)(F)C(F)(F)F.O=C(Cl)C(F)(F)C(F)(F)C(F)(F)F. The number of rotatable bonds is 9. The number of carbonyl (C=O) groups is 2. The van der Waals surface area contributed by atoms with Crippen LogP contribution in [0.5, 0.6) is 0 Å². The summed E-state index contributed by atoms with van der Waals surface area (Å²) < 4.78 is 171. The second kappa shape index (κ2) is 10.9. The van der Waals surface area contributed by atoms with Gasteiger partial charge in [-0.3, -0.25) is 9.59 Å². The molecule has 0 bridgehead atoms. The van der Waals surface area contributed by atoms with Crippen LogP contribution in [0.2, 0.25) is 0 Å². The normalized spacial score (nSPS) is 14.1. The number of ketones is 1. The Morgan fingerprint density at radius 2 is 1.12 bits per heavy atom. The molecule has 190 valence electrons. The Hall–Kier alpha value is -1.81. The van der Waals surface area contributed by atoms with Gasteiger partial charge < -0.3 is 4.74 Å². The molecule has 0 spiro atoms. The number of carbonyl (C=O) groups excluding carboxylic acids is 2. The quantitative estimate of drug-likeness (QED) is 0.116. The van der Waals surface area contributed by atoms with Crippen LogP contribution in [0, 0.1) is 0 Å². The summed E-state index contributed by atoms with van der Waals surface area (Å²) in [5.74, 6) is -27.4. The second-order valence-corrected chi connectivity index (χ2v) is 5.80. The molecule has 0 unspecified atom stereocenters. The van der Waals surface area contributed by atoms with Crippen LogP contribution in [0.4, 0.5) is 61.5 Å². The highest BCUT2D eigenvalue weighted by Crippen LogP contribution is 2.48. The van der Waals surface area contributed by atoms with Crippen LogP contribution < -0.4 is 0 Å². The van der Waals surface area contributed by atoms with Crippen molar-refractivity contribution in [1.82, 2.24) is 0 Å². The molecule has 0 saturated carbocycles. The second-order valence-electron chi connectivity index (χ2n) is 5.46. The molecule has 0 aliphatic rings. The highest BCUT2D eigenvalue weighted by molar-refractivity contribution is 6.65. The minimum Gasteiger partial charge on any atom is -0.501 e. The number of hydrogen-bond donors (Lipinski definition) is 0. The van der Waals surface area contributed by atoms with E-state index in [1.54, 1.807) is 6.92 Å². The number of allylic oxidation sites excluding steroid dienone is 1. The molecule has 0 aromatic rings. The van der Waals surface area contributed by atoms with Crippen molar-refractivity contribution in [1.29, 1.82) is 0 Å². The highest BCUT2D eigenvalue weighted by Gasteiger charge is 2.76. The Labute approximate surface area is 174 Å². The zero-order valence-electron chi connectivity index (χ0n) is 15.2. The van der Waals surface area contributed by atoms with E-state index in [0.29, 0.717) is 19.1 Å². The summed E-state index contributed by atoms with van der Waals surface area (Å²) in [6.45, 7) is 1.80. The summed E-state index contributed by atoms with van der Waals surface area (Å²) in [6, 6.07) is 0. The summed E-state index contributed by atoms with van der Waals surface area (Å²) >= 11 is 3.89. The van der Waals surface area contributed by atoms with Gasteiger partial charge in [0.05, 0.1) is 12.9 Å². The average molecular weight is 529 g/mol. The lowest BCUT2D eigenvalue weighted by atomic mass is 10.1. The molecular weight excluding hydrogens is 518 g/mol. The molecule has 0 fully saturated rings. The van der Waals surface area contributed by atoms with Crippen LogP contribution in [0.25, 0.3) is 0 Å². The van der Waals surface area contributed by atoms with Gasteiger partial charge in [0.25, 0.3) is 5.24 Å². The zero-order valence-corrected chi connectivity index (χ0v) is 15.9. The molecule has 0 aromatic carbocycles. The summed E-state index contributed by atoms with van der Waals surface area (Å²) in [4.78, 5) is 20.3. The minimum atomic E-state index is -6.53. The Bertz CT molecular complexity index is 667. The van der Waals surface area contributed by atoms with Crippen molar-refractivity contribution >= 4 is 22.6 Å². The van der Waals surface area contributed by atoms with Crippen molar-refractivity contribution in [3.05, 3.63) is 12.3 Å². The van der Waals surface area contributed by atoms with Crippen LogP contribution in [0.3, 0.4) is 0 Å². The van der Waals surface area contributed by atoms with Crippen molar-refractivity contribution in [3.8, 4) is 0 Å². The Kier molecular flexibility index (Phi) is 11.0. The van der Waals surface area contributed by atoms with E-state index in [1.807, 2.05) is 0 Å². The summed E-state index contributed by atoms with van der Waals surface area (Å²) in [6.07, 6.45) is -11.6. The first-order valence-corrected chi connectivity index (χ1v) is 7.97. The van der Waals surface area contributed by atoms with Crippen LogP contribution in [-0.2, 0) is 14.3 Å². The van der Waals surface area contributed by atoms with Gasteiger partial charge >= 0.3 is 36.0 Å². The Morgan fingerprint density at radius 3 is 1.41 bits per heavy atom. The summed E-state index contributed by atoms with van der Waals surface area (Å²) in [5, 5.41) is -3.06. The van der Waals surface area contributed by atoms with Gasteiger partial charge in [-0.25, -0.2) is 0 Å². The Morgan fingerprint density at radius 1 is 0.750 bits per heavy atom. The predicted octanol–water partition coefficient (Wildman–Crippen LogP) is 6.30. The number of unbranched alkanes of at least 4 members (excludes halogenated alkanes) is 1. The first-order valence-electron chi connectivity index (χ1n) is 7.60. The molecule has 3 nitrogen and oxygen atoms in total. The average Bonchev–Trinajstić information content (AvgIpc) is 2.59. The summed E-state index contributed by atoms with van der Waals surface area (Å²) in [7, 11) is 0. The molecular formula is C14H11ClF14O3. The van der Waals surface area contributed by atoms with E-state index in [2.05, 4.69) is 16.3 Å². The number of alkyl halides is 14. The fraction of sp³-hybridized carbons (Fsp3) is 0.714. The van der Waals surface area contributed by atoms with E-state index >= 15 is 0 Å². The largest absolute Gasteiger partial charge is 0.501 e. The van der Waals surface area contributed by atoms with Crippen LogP contribution in [0.15, 0.2) is 12.3 Å². The smallest absolute Gasteiger partial charge is 0.460 e. The number of hydrogen-bond acceptors (Lipinski definition) is 3. The van der Waals surface area contributed by atoms with E-state index in [0.717, 1.165) is 0 Å². The van der Waals surface area contributed by atoms with E-state index in [9.17, 15) is 71.1 Å². The van der Waals surface area contributed by atoms with Crippen molar-refractivity contribution < 1.29 is 75.8 Å². The maximum absolute atomic E-state index is 12.7. The highest BCUT2D eigenvalue weighted by atomic mass is 35.5. The van der Waals surface area contributed by atoms with Gasteiger partial charge in [-0.15, -0.1) is 0 Å². The maximum Gasteiger partial charge on any atom is 0.460 e. The van der Waals surface area contributed by atoms with Crippen molar-refractivity contribution in [2.75, 3.05) is 6.61 Å². The number of halogens is 15.